The molecule has 0 saturated heterocycles. The molecule has 1 rings (SSSR count). The highest BCUT2D eigenvalue weighted by Crippen LogP contribution is 2.02. The summed E-state index contributed by atoms with van der Waals surface area (Å²) < 4.78 is 0. The van der Waals surface area contributed by atoms with Gasteiger partial charge in [-0.2, -0.15) is 0 Å². The third-order valence-electron chi connectivity index (χ3n) is 1.46. The predicted molar refractivity (Wildman–Crippen MR) is 55.9 cm³/mol. The van der Waals surface area contributed by atoms with Crippen LogP contribution in [0.4, 0.5) is 0 Å². The van der Waals surface area contributed by atoms with Gasteiger partial charge in [0.1, 0.15) is 0 Å². The van der Waals surface area contributed by atoms with Gasteiger partial charge in [-0.25, -0.2) is 0 Å². The number of carbonyl (C=O) groups is 1. The lowest BCUT2D eigenvalue weighted by atomic mass is 10.1. The van der Waals surface area contributed by atoms with Gasteiger partial charge >= 0.3 is 0 Å². The average Bonchev–Trinajstić information content (AvgIpc) is 2.09. The molecule has 64 valence electrons. The summed E-state index contributed by atoms with van der Waals surface area (Å²) in [6.07, 6.45) is 0. The van der Waals surface area contributed by atoms with Gasteiger partial charge in [0.15, 0.2) is 5.78 Å². The zero-order valence-electron chi connectivity index (χ0n) is 7.33. The molecule has 0 saturated carbocycles. The van der Waals surface area contributed by atoms with Crippen molar-refractivity contribution in [2.75, 3.05) is 0 Å². The van der Waals surface area contributed by atoms with E-state index < -0.39 is 0 Å². The van der Waals surface area contributed by atoms with E-state index in [0.717, 1.165) is 5.56 Å². The lowest BCUT2D eigenvalue weighted by Crippen LogP contribution is -1.90. The molecule has 0 spiro atoms. The Morgan fingerprint density at radius 1 is 1.25 bits per heavy atom. The molecule has 0 heterocycles. The van der Waals surface area contributed by atoms with E-state index in [1.54, 1.807) is 6.92 Å². The van der Waals surface area contributed by atoms with Crippen LogP contribution in [0.15, 0.2) is 24.3 Å². The van der Waals surface area contributed by atoms with Crippen molar-refractivity contribution in [2.45, 2.75) is 13.8 Å². The van der Waals surface area contributed by atoms with E-state index in [1.165, 1.54) is 5.56 Å². The third-order valence-corrected chi connectivity index (χ3v) is 1.46. The number of rotatable bonds is 1. The third kappa shape index (κ3) is 3.39. The molecule has 12 heavy (non-hydrogen) atoms. The Kier molecular flexibility index (Phi) is 5.13. The van der Waals surface area contributed by atoms with Crippen LogP contribution < -0.4 is 0 Å². The van der Waals surface area contributed by atoms with Crippen LogP contribution in [0.5, 0.6) is 0 Å². The number of ketones is 1. The Morgan fingerprint density at radius 3 is 2.00 bits per heavy atom. The second kappa shape index (κ2) is 5.61. The quantitative estimate of drug-likeness (QED) is 0.488. The molecule has 0 atom stereocenters. The number of hydrogen-bond donors (Lipinski definition) is 0. The fourth-order valence-corrected chi connectivity index (χ4v) is 0.788. The van der Waals surface area contributed by atoms with E-state index in [2.05, 4.69) is 18.1 Å². The van der Waals surface area contributed by atoms with E-state index in [4.69, 9.17) is 0 Å². The molecule has 1 nitrogen and oxygen atoms in total. The summed E-state index contributed by atoms with van der Waals surface area (Å²) in [5, 5.41) is 0. The molecule has 0 aliphatic heterocycles. The minimum atomic E-state index is 0.125. The van der Waals surface area contributed by atoms with Crippen molar-refractivity contribution in [1.82, 2.24) is 0 Å². The number of benzene rings is 1. The Hall–Kier alpha value is -1.02. The van der Waals surface area contributed by atoms with Crippen LogP contribution in [0.25, 0.3) is 0 Å². The van der Waals surface area contributed by atoms with Crippen molar-refractivity contribution in [3.8, 4) is 0 Å². The number of aryl methyl sites for hydroxylation is 1. The maximum absolute atomic E-state index is 10.8. The summed E-state index contributed by atoms with van der Waals surface area (Å²) in [4.78, 5) is 10.8. The first kappa shape index (κ1) is 11.0. The number of carbonyl (C=O) groups excluding carboxylic acids is 1. The van der Waals surface area contributed by atoms with Gasteiger partial charge in [0, 0.05) is 5.56 Å². The molecule has 0 bridgehead atoms. The fraction of sp³-hybridized carbons (Fsp3) is 0.200. The second-order valence-electron chi connectivity index (χ2n) is 2.42. The molecule has 1 aromatic rings. The summed E-state index contributed by atoms with van der Waals surface area (Å²) in [5.41, 5.74) is 1.97. The van der Waals surface area contributed by atoms with Crippen LogP contribution in [0.2, 0.25) is 0 Å². The van der Waals surface area contributed by atoms with E-state index >= 15 is 0 Å². The zero-order chi connectivity index (χ0) is 9.56. The number of thiocarbonyl (C=S) groups is 1. The maximum atomic E-state index is 10.8. The smallest absolute Gasteiger partial charge is 0.159 e. The molecule has 0 aliphatic rings. The van der Waals surface area contributed by atoms with Gasteiger partial charge in [-0.1, -0.05) is 42.0 Å². The van der Waals surface area contributed by atoms with Crippen LogP contribution in [0.1, 0.15) is 22.8 Å². The monoisotopic (exact) mass is 180 g/mol. The van der Waals surface area contributed by atoms with E-state index in [1.807, 2.05) is 31.2 Å². The minimum absolute atomic E-state index is 0.125. The Bertz CT molecular complexity index is 251. The number of hydrogen-bond acceptors (Lipinski definition) is 2. The van der Waals surface area contributed by atoms with Crippen molar-refractivity contribution in [3.63, 3.8) is 0 Å². The topological polar surface area (TPSA) is 17.1 Å². The van der Waals surface area contributed by atoms with E-state index in [-0.39, 0.29) is 5.78 Å². The lowest BCUT2D eigenvalue weighted by molar-refractivity contribution is 0.101. The average molecular weight is 180 g/mol. The Labute approximate surface area is 78.4 Å². The van der Waals surface area contributed by atoms with Crippen molar-refractivity contribution in [3.05, 3.63) is 35.4 Å². The predicted octanol–water partition coefficient (Wildman–Crippen LogP) is 2.81. The first-order valence-electron chi connectivity index (χ1n) is 3.56. The molecule has 0 aliphatic carbocycles. The molecule has 0 N–H and O–H groups in total. The Balaban J connectivity index is 0.000000561. The molecule has 0 radical (unpaired) electrons. The largest absolute Gasteiger partial charge is 0.295 e. The molecule has 1 aromatic carbocycles. The molecular formula is C10H12OS. The van der Waals surface area contributed by atoms with Gasteiger partial charge in [-0.15, -0.1) is 0 Å². The van der Waals surface area contributed by atoms with Gasteiger partial charge in [0.25, 0.3) is 0 Å². The summed E-state index contributed by atoms with van der Waals surface area (Å²) in [6.45, 7) is 3.58. The highest BCUT2D eigenvalue weighted by molar-refractivity contribution is 7.77. The number of Topliss-reactive ketones (excluding diaryl/α,β-unsaturated/α-hetero) is 1. The van der Waals surface area contributed by atoms with Gasteiger partial charge in [-0.05, 0) is 19.7 Å². The lowest BCUT2D eigenvalue weighted by Gasteiger charge is -1.93. The first-order valence-corrected chi connectivity index (χ1v) is 4.14. The standard InChI is InChI=1S/C9H10O.CH2S/c1-7-3-5-9(6-4-7)8(2)10;1-2/h3-6H,1-2H3;1H2. The van der Waals surface area contributed by atoms with Crippen molar-refractivity contribution in [1.29, 1.82) is 0 Å². The van der Waals surface area contributed by atoms with Crippen LogP contribution in [-0.2, 0) is 0 Å². The van der Waals surface area contributed by atoms with Gasteiger partial charge in [0.2, 0.25) is 0 Å². The molecule has 0 unspecified atom stereocenters. The maximum Gasteiger partial charge on any atom is 0.159 e. The summed E-state index contributed by atoms with van der Waals surface area (Å²) in [5.74, 6) is 2.96. The first-order chi connectivity index (χ1) is 5.70. The summed E-state index contributed by atoms with van der Waals surface area (Å²) >= 11 is 3.83. The normalized spacial score (nSPS) is 8.17. The van der Waals surface area contributed by atoms with E-state index in [0.29, 0.717) is 0 Å². The van der Waals surface area contributed by atoms with E-state index in [9.17, 15) is 4.79 Å². The Morgan fingerprint density at radius 2 is 1.67 bits per heavy atom. The molecule has 0 fully saturated rings. The molecule has 0 aromatic heterocycles. The van der Waals surface area contributed by atoms with Crippen molar-refractivity contribution < 1.29 is 4.79 Å². The summed E-state index contributed by atoms with van der Waals surface area (Å²) in [6, 6.07) is 7.57. The van der Waals surface area contributed by atoms with Crippen LogP contribution >= 0.6 is 12.2 Å². The zero-order valence-corrected chi connectivity index (χ0v) is 8.15. The van der Waals surface area contributed by atoms with Crippen molar-refractivity contribution >= 4 is 23.9 Å². The van der Waals surface area contributed by atoms with Gasteiger partial charge in [-0.3, -0.25) is 4.79 Å². The highest BCUT2D eigenvalue weighted by atomic mass is 32.1. The van der Waals surface area contributed by atoms with Crippen LogP contribution in [0, 0.1) is 6.92 Å². The van der Waals surface area contributed by atoms with Crippen LogP contribution in [-0.4, -0.2) is 11.7 Å². The fourth-order valence-electron chi connectivity index (χ4n) is 0.788. The SMILES string of the molecule is C=S.CC(=O)c1ccc(C)cc1. The van der Waals surface area contributed by atoms with Gasteiger partial charge in [0.05, 0.1) is 0 Å². The minimum Gasteiger partial charge on any atom is -0.295 e. The van der Waals surface area contributed by atoms with Crippen LogP contribution in [0.3, 0.4) is 0 Å². The van der Waals surface area contributed by atoms with Gasteiger partial charge < -0.3 is 0 Å². The molecular weight excluding hydrogens is 168 g/mol. The summed E-state index contributed by atoms with van der Waals surface area (Å²) in [7, 11) is 0. The molecule has 0 amide bonds. The second-order valence-corrected chi connectivity index (χ2v) is 2.42. The van der Waals surface area contributed by atoms with Crippen molar-refractivity contribution in [2.24, 2.45) is 0 Å². The molecule has 2 heteroatoms. The highest BCUT2D eigenvalue weighted by Gasteiger charge is 1.95.